The first-order valence-corrected chi connectivity index (χ1v) is 11.2. The topological polar surface area (TPSA) is 57.7 Å². The van der Waals surface area contributed by atoms with Crippen LogP contribution in [0.15, 0.2) is 47.4 Å². The van der Waals surface area contributed by atoms with Crippen molar-refractivity contribution in [3.63, 3.8) is 0 Å². The Labute approximate surface area is 176 Å². The number of nitrogens with zero attached hydrogens (tertiary/aromatic N) is 2. The fourth-order valence-electron chi connectivity index (χ4n) is 2.77. The zero-order valence-electron chi connectivity index (χ0n) is 16.2. The Kier molecular flexibility index (Phi) is 7.89. The Morgan fingerprint density at radius 1 is 0.964 bits per heavy atom. The molecule has 0 heterocycles. The first-order valence-electron chi connectivity index (χ1n) is 8.98. The second-order valence-corrected chi connectivity index (χ2v) is 9.10. The van der Waals surface area contributed by atoms with E-state index in [1.165, 1.54) is 12.1 Å². The van der Waals surface area contributed by atoms with Crippen molar-refractivity contribution in [1.82, 2.24) is 9.21 Å². The van der Waals surface area contributed by atoms with Gasteiger partial charge in [0, 0.05) is 35.2 Å². The van der Waals surface area contributed by atoms with Crippen molar-refractivity contribution in [3.8, 4) is 0 Å². The van der Waals surface area contributed by atoms with Crippen molar-refractivity contribution in [3.05, 3.63) is 63.6 Å². The summed E-state index contributed by atoms with van der Waals surface area (Å²) in [6, 6.07) is 11.5. The lowest BCUT2D eigenvalue weighted by molar-refractivity contribution is -0.131. The van der Waals surface area contributed by atoms with Crippen molar-refractivity contribution in [2.45, 2.75) is 32.2 Å². The largest absolute Gasteiger partial charge is 0.342 e. The lowest BCUT2D eigenvalue weighted by atomic mass is 10.2. The zero-order valence-corrected chi connectivity index (χ0v) is 18.5. The van der Waals surface area contributed by atoms with Gasteiger partial charge in [0.1, 0.15) is 0 Å². The van der Waals surface area contributed by atoms with Crippen molar-refractivity contribution in [1.29, 1.82) is 0 Å². The molecule has 0 saturated heterocycles. The summed E-state index contributed by atoms with van der Waals surface area (Å²) < 4.78 is 27.7. The fraction of sp³-hybridized carbons (Fsp3) is 0.350. The van der Waals surface area contributed by atoms with E-state index in [1.54, 1.807) is 35.2 Å². The maximum atomic E-state index is 13.3. The fourth-order valence-corrected chi connectivity index (χ4v) is 4.65. The van der Waals surface area contributed by atoms with Gasteiger partial charge in [-0.2, -0.15) is 4.31 Å². The second-order valence-electron chi connectivity index (χ2n) is 6.35. The van der Waals surface area contributed by atoms with Crippen LogP contribution in [-0.2, 0) is 21.4 Å². The van der Waals surface area contributed by atoms with Gasteiger partial charge in [-0.05, 0) is 45.0 Å². The number of aryl methyl sites for hydroxylation is 1. The molecule has 0 atom stereocenters. The van der Waals surface area contributed by atoms with E-state index in [4.69, 9.17) is 23.2 Å². The minimum absolute atomic E-state index is 0.0955. The van der Waals surface area contributed by atoms with Gasteiger partial charge in [0.05, 0.1) is 11.4 Å². The van der Waals surface area contributed by atoms with Crippen LogP contribution in [0.3, 0.4) is 0 Å². The molecule has 0 unspecified atom stereocenters. The van der Waals surface area contributed by atoms with E-state index < -0.39 is 10.0 Å². The van der Waals surface area contributed by atoms with Crippen molar-refractivity contribution < 1.29 is 13.2 Å². The molecule has 0 fully saturated rings. The standard InChI is InChI=1S/C20H24Cl2N2O3S/c1-4-23(5-2)20(25)14-24(13-17-18(21)7-6-8-19(17)22)28(26,27)16-11-9-15(3)10-12-16/h6-12H,4-5,13-14H2,1-3H3. The molecule has 8 heteroatoms. The smallest absolute Gasteiger partial charge is 0.243 e. The molecule has 0 aliphatic carbocycles. The Balaban J connectivity index is 2.46. The molecule has 2 aromatic carbocycles. The summed E-state index contributed by atoms with van der Waals surface area (Å²) in [6.07, 6.45) is 0. The van der Waals surface area contributed by atoms with Crippen LogP contribution in [0.5, 0.6) is 0 Å². The van der Waals surface area contributed by atoms with Gasteiger partial charge in [-0.3, -0.25) is 4.79 Å². The van der Waals surface area contributed by atoms with Crippen LogP contribution < -0.4 is 0 Å². The average molecular weight is 443 g/mol. The number of likely N-dealkylation sites (N-methyl/N-ethyl adjacent to an activating group) is 1. The minimum atomic E-state index is -3.93. The molecule has 0 aliphatic heterocycles. The molecule has 2 rings (SSSR count). The number of hydrogen-bond acceptors (Lipinski definition) is 3. The SMILES string of the molecule is CCN(CC)C(=O)CN(Cc1c(Cl)cccc1Cl)S(=O)(=O)c1ccc(C)cc1. The molecule has 0 spiro atoms. The Bertz CT molecular complexity index is 907. The molecular formula is C20H24Cl2N2O3S. The number of amides is 1. The molecule has 1 amide bonds. The van der Waals surface area contributed by atoms with Gasteiger partial charge in [-0.15, -0.1) is 0 Å². The lowest BCUT2D eigenvalue weighted by Crippen LogP contribution is -2.42. The summed E-state index contributed by atoms with van der Waals surface area (Å²) in [4.78, 5) is 14.4. The Morgan fingerprint density at radius 2 is 1.50 bits per heavy atom. The predicted molar refractivity (Wildman–Crippen MR) is 113 cm³/mol. The first kappa shape index (κ1) is 22.7. The number of carbonyl (C=O) groups excluding carboxylic acids is 1. The monoisotopic (exact) mass is 442 g/mol. The Hall–Kier alpha value is -1.60. The van der Waals surface area contributed by atoms with Gasteiger partial charge in [-0.1, -0.05) is 47.0 Å². The van der Waals surface area contributed by atoms with Gasteiger partial charge in [-0.25, -0.2) is 8.42 Å². The molecule has 0 aliphatic rings. The van der Waals surface area contributed by atoms with Crippen molar-refractivity contribution in [2.24, 2.45) is 0 Å². The molecular weight excluding hydrogens is 419 g/mol. The van der Waals surface area contributed by atoms with Crippen LogP contribution in [0.25, 0.3) is 0 Å². The summed E-state index contributed by atoms with van der Waals surface area (Å²) in [5.74, 6) is -0.274. The molecule has 0 saturated carbocycles. The third kappa shape index (κ3) is 5.26. The van der Waals surface area contributed by atoms with Gasteiger partial charge >= 0.3 is 0 Å². The highest BCUT2D eigenvalue weighted by molar-refractivity contribution is 7.89. The number of carbonyl (C=O) groups is 1. The maximum Gasteiger partial charge on any atom is 0.243 e. The highest BCUT2D eigenvalue weighted by atomic mass is 35.5. The molecule has 152 valence electrons. The van der Waals surface area contributed by atoms with E-state index in [0.29, 0.717) is 28.7 Å². The molecule has 0 aromatic heterocycles. The number of rotatable bonds is 8. The van der Waals surface area contributed by atoms with Gasteiger partial charge in [0.2, 0.25) is 15.9 Å². The van der Waals surface area contributed by atoms with Gasteiger partial charge in [0.25, 0.3) is 0 Å². The van der Waals surface area contributed by atoms with E-state index in [-0.39, 0.29) is 23.9 Å². The Morgan fingerprint density at radius 3 is 2.00 bits per heavy atom. The zero-order chi connectivity index (χ0) is 20.9. The molecule has 0 bridgehead atoms. The predicted octanol–water partition coefficient (Wildman–Crippen LogP) is 4.36. The summed E-state index contributed by atoms with van der Waals surface area (Å²) in [7, 11) is -3.93. The summed E-state index contributed by atoms with van der Waals surface area (Å²) in [5.41, 5.74) is 1.41. The quantitative estimate of drug-likeness (QED) is 0.609. The molecule has 28 heavy (non-hydrogen) atoms. The van der Waals surface area contributed by atoms with Crippen LogP contribution in [0.2, 0.25) is 10.0 Å². The summed E-state index contributed by atoms with van der Waals surface area (Å²) in [5, 5.41) is 0.707. The van der Waals surface area contributed by atoms with E-state index >= 15 is 0 Å². The van der Waals surface area contributed by atoms with Crippen LogP contribution >= 0.6 is 23.2 Å². The molecule has 0 radical (unpaired) electrons. The van der Waals surface area contributed by atoms with Gasteiger partial charge < -0.3 is 4.90 Å². The van der Waals surface area contributed by atoms with E-state index in [2.05, 4.69) is 0 Å². The van der Waals surface area contributed by atoms with Crippen molar-refractivity contribution in [2.75, 3.05) is 19.6 Å². The first-order chi connectivity index (χ1) is 13.2. The van der Waals surface area contributed by atoms with E-state index in [1.807, 2.05) is 20.8 Å². The van der Waals surface area contributed by atoms with Crippen LogP contribution in [0.4, 0.5) is 0 Å². The number of sulfonamides is 1. The molecule has 2 aromatic rings. The van der Waals surface area contributed by atoms with Crippen LogP contribution in [0, 0.1) is 6.92 Å². The van der Waals surface area contributed by atoms with E-state index in [9.17, 15) is 13.2 Å². The maximum absolute atomic E-state index is 13.3. The van der Waals surface area contributed by atoms with Crippen molar-refractivity contribution >= 4 is 39.1 Å². The second kappa shape index (κ2) is 9.74. The highest BCUT2D eigenvalue weighted by Crippen LogP contribution is 2.28. The normalized spacial score (nSPS) is 11.6. The average Bonchev–Trinajstić information content (AvgIpc) is 2.65. The summed E-state index contributed by atoms with van der Waals surface area (Å²) in [6.45, 7) is 6.19. The molecule has 0 N–H and O–H groups in total. The third-order valence-electron chi connectivity index (χ3n) is 4.48. The van der Waals surface area contributed by atoms with E-state index in [0.717, 1.165) is 9.87 Å². The highest BCUT2D eigenvalue weighted by Gasteiger charge is 2.29. The summed E-state index contributed by atoms with van der Waals surface area (Å²) >= 11 is 12.5. The number of hydrogen-bond donors (Lipinski definition) is 0. The third-order valence-corrected chi connectivity index (χ3v) is 7.00. The number of halogens is 2. The number of benzene rings is 2. The molecule has 5 nitrogen and oxygen atoms in total. The van der Waals surface area contributed by atoms with Crippen LogP contribution in [0.1, 0.15) is 25.0 Å². The van der Waals surface area contributed by atoms with Gasteiger partial charge in [0.15, 0.2) is 0 Å². The minimum Gasteiger partial charge on any atom is -0.342 e. The van der Waals surface area contributed by atoms with Crippen LogP contribution in [-0.4, -0.2) is 43.2 Å². The lowest BCUT2D eigenvalue weighted by Gasteiger charge is -2.26.